The summed E-state index contributed by atoms with van der Waals surface area (Å²) in [4.78, 5) is 0. The summed E-state index contributed by atoms with van der Waals surface area (Å²) in [6, 6.07) is -0.873. The minimum absolute atomic E-state index is 0.220. The summed E-state index contributed by atoms with van der Waals surface area (Å²) >= 11 is 0. The van der Waals surface area contributed by atoms with Crippen LogP contribution in [0.15, 0.2) is 0 Å². The van der Waals surface area contributed by atoms with E-state index in [1.54, 1.807) is 6.92 Å². The molecule has 2 saturated heterocycles. The summed E-state index contributed by atoms with van der Waals surface area (Å²) < 4.78 is 22.4. The number of hydrogen-bond acceptors (Lipinski definition) is 8. The Bertz CT molecular complexity index is 389. The Balaban J connectivity index is 1.88. The zero-order valence-electron chi connectivity index (χ0n) is 14.1. The van der Waals surface area contributed by atoms with E-state index < -0.39 is 54.7 Å². The number of aliphatic hydroxyl groups is 3. The molecular weight excluding hydrogens is 306 g/mol. The van der Waals surface area contributed by atoms with Crippen molar-refractivity contribution in [2.75, 3.05) is 6.61 Å². The fourth-order valence-corrected chi connectivity index (χ4v) is 2.68. The predicted octanol–water partition coefficient (Wildman–Crippen LogP) is -0.912. The van der Waals surface area contributed by atoms with Gasteiger partial charge >= 0.3 is 0 Å². The first kappa shape index (κ1) is 19.0. The molecule has 0 aromatic rings. The smallest absolute Gasteiger partial charge is 0.184 e. The lowest BCUT2D eigenvalue weighted by atomic mass is 9.98. The Hall–Kier alpha value is -0.320. The third-order valence-corrected chi connectivity index (χ3v) is 3.95. The number of ether oxygens (including phenoxy) is 4. The van der Waals surface area contributed by atoms with Crippen molar-refractivity contribution in [3.8, 4) is 0 Å². The van der Waals surface area contributed by atoms with Crippen LogP contribution in [0.4, 0.5) is 0 Å². The highest BCUT2D eigenvalue weighted by molar-refractivity contribution is 4.90. The Morgan fingerprint density at radius 1 is 1.09 bits per heavy atom. The van der Waals surface area contributed by atoms with Gasteiger partial charge in [0.05, 0.1) is 30.5 Å². The van der Waals surface area contributed by atoms with Crippen molar-refractivity contribution in [3.05, 3.63) is 0 Å². The average molecular weight is 335 g/mol. The zero-order valence-corrected chi connectivity index (χ0v) is 14.1. The molecule has 5 N–H and O–H groups in total. The van der Waals surface area contributed by atoms with E-state index in [0.717, 1.165) is 0 Å². The highest BCUT2D eigenvalue weighted by Gasteiger charge is 2.43. The van der Waals surface area contributed by atoms with Gasteiger partial charge in [0.25, 0.3) is 0 Å². The fraction of sp³-hybridized carbons (Fsp3) is 1.00. The second kappa shape index (κ2) is 7.28. The average Bonchev–Trinajstić information content (AvgIpc) is 2.44. The van der Waals surface area contributed by atoms with E-state index in [-0.39, 0.29) is 6.61 Å². The lowest BCUT2D eigenvalue weighted by Crippen LogP contribution is -2.62. The monoisotopic (exact) mass is 335 g/mol. The Morgan fingerprint density at radius 3 is 2.30 bits per heavy atom. The summed E-state index contributed by atoms with van der Waals surface area (Å²) in [6.45, 7) is 7.50. The molecule has 2 aliphatic rings. The number of aliphatic hydroxyl groups excluding tert-OH is 3. The molecule has 0 bridgehead atoms. The molecule has 8 heteroatoms. The Morgan fingerprint density at radius 2 is 1.74 bits per heavy atom. The summed E-state index contributed by atoms with van der Waals surface area (Å²) in [5.41, 5.74) is 5.42. The summed E-state index contributed by atoms with van der Waals surface area (Å²) in [6.07, 6.45) is -5.32. The first-order valence-electron chi connectivity index (χ1n) is 7.98. The fourth-order valence-electron chi connectivity index (χ4n) is 2.68. The van der Waals surface area contributed by atoms with Gasteiger partial charge in [0.1, 0.15) is 18.3 Å². The predicted molar refractivity (Wildman–Crippen MR) is 80.4 cm³/mol. The third-order valence-electron chi connectivity index (χ3n) is 3.95. The molecule has 2 fully saturated rings. The molecule has 2 heterocycles. The molecule has 0 aromatic carbocycles. The molecule has 0 aliphatic carbocycles. The minimum Gasteiger partial charge on any atom is -0.388 e. The van der Waals surface area contributed by atoms with Gasteiger partial charge in [0.2, 0.25) is 0 Å². The van der Waals surface area contributed by atoms with Gasteiger partial charge in [-0.3, -0.25) is 0 Å². The van der Waals surface area contributed by atoms with Crippen molar-refractivity contribution in [2.45, 2.75) is 88.9 Å². The maximum atomic E-state index is 10.2. The lowest BCUT2D eigenvalue weighted by molar-refractivity contribution is -0.309. The van der Waals surface area contributed by atoms with Gasteiger partial charge < -0.3 is 40.0 Å². The van der Waals surface area contributed by atoms with E-state index in [1.165, 1.54) is 0 Å². The van der Waals surface area contributed by atoms with E-state index in [0.29, 0.717) is 6.42 Å². The van der Waals surface area contributed by atoms with Gasteiger partial charge in [0.15, 0.2) is 12.6 Å². The molecule has 23 heavy (non-hydrogen) atoms. The molecule has 2 aliphatic heterocycles. The van der Waals surface area contributed by atoms with Crippen LogP contribution in [-0.4, -0.2) is 76.7 Å². The van der Waals surface area contributed by atoms with Crippen molar-refractivity contribution in [1.29, 1.82) is 0 Å². The maximum Gasteiger partial charge on any atom is 0.184 e. The summed E-state index contributed by atoms with van der Waals surface area (Å²) in [5, 5.41) is 29.8. The van der Waals surface area contributed by atoms with Crippen molar-refractivity contribution >= 4 is 0 Å². The second-order valence-corrected chi connectivity index (χ2v) is 7.26. The van der Waals surface area contributed by atoms with Crippen molar-refractivity contribution in [2.24, 2.45) is 5.73 Å². The van der Waals surface area contributed by atoms with Crippen LogP contribution in [-0.2, 0) is 18.9 Å². The summed E-state index contributed by atoms with van der Waals surface area (Å²) in [7, 11) is 0. The quantitative estimate of drug-likeness (QED) is 0.522. The number of rotatable bonds is 3. The first-order chi connectivity index (χ1) is 10.6. The lowest BCUT2D eigenvalue weighted by Gasteiger charge is -2.42. The van der Waals surface area contributed by atoms with Gasteiger partial charge in [-0.25, -0.2) is 0 Å². The van der Waals surface area contributed by atoms with E-state index in [9.17, 15) is 15.3 Å². The van der Waals surface area contributed by atoms with E-state index in [2.05, 4.69) is 0 Å². The molecule has 0 spiro atoms. The van der Waals surface area contributed by atoms with Crippen LogP contribution in [0.1, 0.15) is 34.1 Å². The van der Waals surface area contributed by atoms with Crippen LogP contribution in [0.3, 0.4) is 0 Å². The van der Waals surface area contributed by atoms with Gasteiger partial charge in [-0.1, -0.05) is 0 Å². The van der Waals surface area contributed by atoms with Crippen LogP contribution in [0.25, 0.3) is 0 Å². The van der Waals surface area contributed by atoms with E-state index >= 15 is 0 Å². The Labute approximate surface area is 136 Å². The maximum absolute atomic E-state index is 10.2. The third kappa shape index (κ3) is 4.83. The van der Waals surface area contributed by atoms with Crippen LogP contribution in [0.5, 0.6) is 0 Å². The van der Waals surface area contributed by atoms with Crippen LogP contribution >= 0.6 is 0 Å². The molecule has 136 valence electrons. The van der Waals surface area contributed by atoms with Gasteiger partial charge in [-0.15, -0.1) is 0 Å². The van der Waals surface area contributed by atoms with Crippen LogP contribution in [0, 0.1) is 0 Å². The number of hydrogen-bond donors (Lipinski definition) is 4. The topological polar surface area (TPSA) is 124 Å². The second-order valence-electron chi connectivity index (χ2n) is 7.26. The standard InChI is InChI=1S/C15H29NO7/c1-7-11(18)12(19)10(16)14(21-7)22-8-5-9(17)13(20-6-8)23-15(2,3)4/h7-14,17-19H,5-6,16H2,1-4H3/t7?,8-,9?,10?,11+,12+,13-,14+/m0/s1. The molecule has 0 aromatic heterocycles. The van der Waals surface area contributed by atoms with Gasteiger partial charge in [-0.05, 0) is 27.7 Å². The van der Waals surface area contributed by atoms with Crippen LogP contribution in [0.2, 0.25) is 0 Å². The van der Waals surface area contributed by atoms with E-state index in [1.807, 2.05) is 20.8 Å². The molecule has 0 saturated carbocycles. The molecule has 8 nitrogen and oxygen atoms in total. The van der Waals surface area contributed by atoms with Gasteiger partial charge in [-0.2, -0.15) is 0 Å². The molecule has 0 radical (unpaired) electrons. The molecule has 8 atom stereocenters. The SMILES string of the molecule is CC1O[C@H](O[C@@H]2CO[C@@H](OC(C)(C)C)C(O)C2)C(N)[C@@H](O)[C@@H]1O. The number of nitrogens with two attached hydrogens (primary N) is 1. The Kier molecular flexibility index (Phi) is 6.02. The molecular formula is C15H29NO7. The molecule has 0 amide bonds. The summed E-state index contributed by atoms with van der Waals surface area (Å²) in [5.74, 6) is 0. The largest absolute Gasteiger partial charge is 0.388 e. The van der Waals surface area contributed by atoms with Crippen molar-refractivity contribution < 1.29 is 34.3 Å². The van der Waals surface area contributed by atoms with Crippen molar-refractivity contribution in [1.82, 2.24) is 0 Å². The first-order valence-corrected chi connectivity index (χ1v) is 7.98. The minimum atomic E-state index is -1.13. The van der Waals surface area contributed by atoms with Crippen LogP contribution < -0.4 is 5.73 Å². The van der Waals surface area contributed by atoms with Crippen molar-refractivity contribution in [3.63, 3.8) is 0 Å². The zero-order chi connectivity index (χ0) is 17.4. The normalized spacial score (nSPS) is 45.9. The highest BCUT2D eigenvalue weighted by Crippen LogP contribution is 2.26. The molecule has 3 unspecified atom stereocenters. The van der Waals surface area contributed by atoms with Gasteiger partial charge in [0, 0.05) is 6.42 Å². The highest BCUT2D eigenvalue weighted by atomic mass is 16.7. The van der Waals surface area contributed by atoms with E-state index in [4.69, 9.17) is 24.7 Å². The molecule has 2 rings (SSSR count).